The number of carbonyl (C=O) groups is 1. The lowest BCUT2D eigenvalue weighted by Gasteiger charge is -2.36. The molecule has 5 rings (SSSR count). The van der Waals surface area contributed by atoms with Crippen molar-refractivity contribution in [3.05, 3.63) is 88.0 Å². The molecule has 0 spiro atoms. The van der Waals surface area contributed by atoms with E-state index < -0.39 is 0 Å². The Hall–Kier alpha value is -3.21. The van der Waals surface area contributed by atoms with Gasteiger partial charge in [0, 0.05) is 5.56 Å². The van der Waals surface area contributed by atoms with Gasteiger partial charge >= 0.3 is 0 Å². The van der Waals surface area contributed by atoms with E-state index in [9.17, 15) is 9.18 Å². The summed E-state index contributed by atoms with van der Waals surface area (Å²) in [4.78, 5) is 12.0. The quantitative estimate of drug-likeness (QED) is 0.590. The van der Waals surface area contributed by atoms with Gasteiger partial charge in [0.05, 0.1) is 17.6 Å². The van der Waals surface area contributed by atoms with Crippen LogP contribution in [0.2, 0.25) is 0 Å². The van der Waals surface area contributed by atoms with Crippen LogP contribution in [-0.4, -0.2) is 15.7 Å². The Morgan fingerprint density at radius 3 is 2.88 bits per heavy atom. The fourth-order valence-corrected chi connectivity index (χ4v) is 5.83. The molecular formula is C27H28FN3O. The van der Waals surface area contributed by atoms with Crippen molar-refractivity contribution in [2.45, 2.75) is 46.0 Å². The van der Waals surface area contributed by atoms with Crippen molar-refractivity contribution in [3.8, 4) is 5.69 Å². The zero-order valence-corrected chi connectivity index (χ0v) is 18.6. The van der Waals surface area contributed by atoms with Crippen LogP contribution in [0.3, 0.4) is 0 Å². The van der Waals surface area contributed by atoms with Gasteiger partial charge in [-0.1, -0.05) is 36.8 Å². The number of aryl methyl sites for hydroxylation is 2. The number of nitrogens with zero attached hydrogens (tertiary/aromatic N) is 2. The highest BCUT2D eigenvalue weighted by atomic mass is 19.1. The predicted molar refractivity (Wildman–Crippen MR) is 124 cm³/mol. The standard InChI is InChI=1S/C27H28FN3O/c1-17-5-3-6-18(25(17)26(29)32)9-10-20-11-12-21-13-24-19(15-27(20,21)2)16-30-31(24)23-8-4-7-22(28)14-23/h3-8,13-14,16,20H,9-12,15H2,1-2H3,(H2,29,32)/t20-,27-/m1/s1. The highest BCUT2D eigenvalue weighted by Gasteiger charge is 2.45. The average molecular weight is 430 g/mol. The number of amides is 1. The molecule has 0 aliphatic heterocycles. The van der Waals surface area contributed by atoms with Gasteiger partial charge in [-0.3, -0.25) is 4.79 Å². The molecule has 2 atom stereocenters. The van der Waals surface area contributed by atoms with Gasteiger partial charge in [0.2, 0.25) is 5.91 Å². The van der Waals surface area contributed by atoms with E-state index >= 15 is 0 Å². The van der Waals surface area contributed by atoms with Crippen LogP contribution in [0.4, 0.5) is 4.39 Å². The molecule has 3 aromatic rings. The second-order valence-electron chi connectivity index (χ2n) is 9.46. The van der Waals surface area contributed by atoms with Gasteiger partial charge in [0.15, 0.2) is 0 Å². The van der Waals surface area contributed by atoms with E-state index in [1.165, 1.54) is 23.3 Å². The maximum absolute atomic E-state index is 13.8. The van der Waals surface area contributed by atoms with Crippen LogP contribution in [0.15, 0.2) is 54.2 Å². The number of hydrogen-bond acceptors (Lipinski definition) is 2. The van der Waals surface area contributed by atoms with Crippen molar-refractivity contribution >= 4 is 12.0 Å². The lowest BCUT2D eigenvalue weighted by atomic mass is 9.68. The van der Waals surface area contributed by atoms with Crippen molar-refractivity contribution in [1.82, 2.24) is 9.78 Å². The van der Waals surface area contributed by atoms with Crippen molar-refractivity contribution in [1.29, 1.82) is 0 Å². The Bertz CT molecular complexity index is 1240. The zero-order chi connectivity index (χ0) is 22.5. The Kier molecular flexibility index (Phi) is 5.00. The highest BCUT2D eigenvalue weighted by Crippen LogP contribution is 2.54. The molecule has 4 nitrogen and oxygen atoms in total. The monoisotopic (exact) mass is 429 g/mol. The molecule has 1 fully saturated rings. The Morgan fingerprint density at radius 2 is 2.09 bits per heavy atom. The number of rotatable bonds is 5. The molecule has 0 saturated heterocycles. The molecule has 2 N–H and O–H groups in total. The lowest BCUT2D eigenvalue weighted by molar-refractivity contribution is 0.0998. The molecular weight excluding hydrogens is 401 g/mol. The first-order valence-electron chi connectivity index (χ1n) is 11.3. The van der Waals surface area contributed by atoms with Gasteiger partial charge in [-0.05, 0) is 91.3 Å². The summed E-state index contributed by atoms with van der Waals surface area (Å²) in [5, 5.41) is 4.58. The van der Waals surface area contributed by atoms with Crippen molar-refractivity contribution in [2.75, 3.05) is 0 Å². The first kappa shape index (κ1) is 20.7. The molecule has 1 amide bonds. The van der Waals surface area contributed by atoms with Gasteiger partial charge in [0.1, 0.15) is 5.82 Å². The van der Waals surface area contributed by atoms with Gasteiger partial charge in [-0.2, -0.15) is 5.10 Å². The number of hydrogen-bond donors (Lipinski definition) is 1. The summed E-state index contributed by atoms with van der Waals surface area (Å²) < 4.78 is 15.6. The molecule has 2 aromatic carbocycles. The lowest BCUT2D eigenvalue weighted by Crippen LogP contribution is -2.29. The fourth-order valence-electron chi connectivity index (χ4n) is 5.83. The number of nitrogens with two attached hydrogens (primary N) is 1. The first-order chi connectivity index (χ1) is 15.4. The maximum atomic E-state index is 13.8. The van der Waals surface area contributed by atoms with Crippen LogP contribution in [0.1, 0.15) is 58.9 Å². The minimum atomic E-state index is -0.344. The number of fused-ring (bicyclic) bond motifs is 2. The molecule has 1 aromatic heterocycles. The summed E-state index contributed by atoms with van der Waals surface area (Å²) in [5.41, 5.74) is 12.9. The number of primary amides is 1. The van der Waals surface area contributed by atoms with Crippen LogP contribution in [0.25, 0.3) is 11.8 Å². The van der Waals surface area contributed by atoms with Gasteiger partial charge in [0.25, 0.3) is 0 Å². The molecule has 32 heavy (non-hydrogen) atoms. The number of aromatic nitrogens is 2. The second kappa shape index (κ2) is 7.73. The third-order valence-electron chi connectivity index (χ3n) is 7.57. The van der Waals surface area contributed by atoms with Crippen molar-refractivity contribution in [2.24, 2.45) is 17.1 Å². The summed E-state index contributed by atoms with van der Waals surface area (Å²) >= 11 is 0. The summed E-state index contributed by atoms with van der Waals surface area (Å²) in [6, 6.07) is 12.6. The average Bonchev–Trinajstić information content (AvgIpc) is 3.29. The van der Waals surface area contributed by atoms with Crippen molar-refractivity contribution in [3.63, 3.8) is 0 Å². The van der Waals surface area contributed by atoms with E-state index in [1.54, 1.807) is 6.07 Å². The number of benzene rings is 2. The number of carbonyl (C=O) groups excluding carboxylic acids is 1. The molecule has 2 aliphatic rings. The Labute approximate surface area is 187 Å². The summed E-state index contributed by atoms with van der Waals surface area (Å²) in [6.45, 7) is 4.31. The Morgan fingerprint density at radius 1 is 1.28 bits per heavy atom. The smallest absolute Gasteiger partial charge is 0.249 e. The number of halogens is 1. The minimum absolute atomic E-state index is 0.0829. The first-order valence-corrected chi connectivity index (χ1v) is 11.3. The van der Waals surface area contributed by atoms with E-state index in [0.29, 0.717) is 11.5 Å². The normalized spacial score (nSPS) is 21.7. The number of allylic oxidation sites excluding steroid dienone is 1. The summed E-state index contributed by atoms with van der Waals surface area (Å²) in [6.07, 6.45) is 9.21. The van der Waals surface area contributed by atoms with Crippen molar-refractivity contribution < 1.29 is 9.18 Å². The SMILES string of the molecule is Cc1cccc(CC[C@@H]2CCC3=Cc4c(cnn4-c4cccc(F)c4)C[C@@]32C)c1C(N)=O. The molecule has 0 bridgehead atoms. The fraction of sp³-hybridized carbons (Fsp3) is 0.333. The van der Waals surface area contributed by atoms with E-state index in [0.717, 1.165) is 54.6 Å². The largest absolute Gasteiger partial charge is 0.366 e. The summed E-state index contributed by atoms with van der Waals surface area (Å²) in [5.74, 6) is -0.0727. The summed E-state index contributed by atoms with van der Waals surface area (Å²) in [7, 11) is 0. The molecule has 0 radical (unpaired) electrons. The van der Waals surface area contributed by atoms with Crippen LogP contribution in [0.5, 0.6) is 0 Å². The predicted octanol–water partition coefficient (Wildman–Crippen LogP) is 5.41. The van der Waals surface area contributed by atoms with Gasteiger partial charge < -0.3 is 5.73 Å². The Balaban J connectivity index is 1.40. The van der Waals surface area contributed by atoms with Gasteiger partial charge in [-0.15, -0.1) is 0 Å². The van der Waals surface area contributed by atoms with Crippen LogP contribution >= 0.6 is 0 Å². The van der Waals surface area contributed by atoms with E-state index in [4.69, 9.17) is 5.73 Å². The van der Waals surface area contributed by atoms with E-state index in [2.05, 4.69) is 18.1 Å². The molecule has 0 unspecified atom stereocenters. The topological polar surface area (TPSA) is 60.9 Å². The molecule has 5 heteroatoms. The second-order valence-corrected chi connectivity index (χ2v) is 9.46. The maximum Gasteiger partial charge on any atom is 0.249 e. The third kappa shape index (κ3) is 3.36. The van der Waals surface area contributed by atoms with Gasteiger partial charge in [-0.25, -0.2) is 9.07 Å². The van der Waals surface area contributed by atoms with E-state index in [1.807, 2.05) is 42.1 Å². The molecule has 2 aliphatic carbocycles. The third-order valence-corrected chi connectivity index (χ3v) is 7.57. The minimum Gasteiger partial charge on any atom is -0.366 e. The molecule has 1 heterocycles. The van der Waals surface area contributed by atoms with E-state index in [-0.39, 0.29) is 17.1 Å². The van der Waals surface area contributed by atoms with Crippen LogP contribution in [0, 0.1) is 24.1 Å². The zero-order valence-electron chi connectivity index (χ0n) is 18.6. The van der Waals surface area contributed by atoms with Crippen LogP contribution in [-0.2, 0) is 12.8 Å². The van der Waals surface area contributed by atoms with Crippen LogP contribution < -0.4 is 5.73 Å². The highest BCUT2D eigenvalue weighted by molar-refractivity contribution is 5.95. The molecule has 164 valence electrons. The molecule has 1 saturated carbocycles.